The van der Waals surface area contributed by atoms with Gasteiger partial charge in [0.2, 0.25) is 5.91 Å². The van der Waals surface area contributed by atoms with Gasteiger partial charge in [-0.3, -0.25) is 9.52 Å². The van der Waals surface area contributed by atoms with Crippen molar-refractivity contribution in [3.8, 4) is 5.75 Å². The highest BCUT2D eigenvalue weighted by molar-refractivity contribution is 7.92. The second kappa shape index (κ2) is 8.41. The summed E-state index contributed by atoms with van der Waals surface area (Å²) >= 11 is 0. The Bertz CT molecular complexity index is 1100. The normalized spacial score (nSPS) is 19.6. The van der Waals surface area contributed by atoms with Gasteiger partial charge in [-0.25, -0.2) is 8.42 Å². The molecule has 1 saturated carbocycles. The van der Waals surface area contributed by atoms with Crippen LogP contribution in [0.2, 0.25) is 0 Å². The van der Waals surface area contributed by atoms with Gasteiger partial charge in [0, 0.05) is 36.9 Å². The van der Waals surface area contributed by atoms with Crippen molar-refractivity contribution in [1.29, 1.82) is 0 Å². The molecule has 8 heteroatoms. The van der Waals surface area contributed by atoms with Crippen LogP contribution in [0.4, 0.5) is 11.4 Å². The van der Waals surface area contributed by atoms with E-state index < -0.39 is 10.0 Å². The summed E-state index contributed by atoms with van der Waals surface area (Å²) in [7, 11) is -1.61. The molecule has 7 nitrogen and oxygen atoms in total. The number of likely N-dealkylation sites (tertiary alicyclic amines) is 1. The smallest absolute Gasteiger partial charge is 0.261 e. The molecular formula is C24H29N3O4S. The molecule has 0 spiro atoms. The van der Waals surface area contributed by atoms with E-state index >= 15 is 0 Å². The van der Waals surface area contributed by atoms with Gasteiger partial charge in [-0.1, -0.05) is 0 Å². The summed E-state index contributed by atoms with van der Waals surface area (Å²) in [6.45, 7) is 2.67. The zero-order valence-corrected chi connectivity index (χ0v) is 19.1. The third kappa shape index (κ3) is 4.47. The Labute approximate surface area is 189 Å². The Hall–Kier alpha value is -2.58. The quantitative estimate of drug-likeness (QED) is 0.723. The van der Waals surface area contributed by atoms with Gasteiger partial charge in [-0.2, -0.15) is 0 Å². The van der Waals surface area contributed by atoms with Crippen molar-refractivity contribution in [3.05, 3.63) is 48.0 Å². The zero-order valence-electron chi connectivity index (χ0n) is 18.3. The average Bonchev–Trinajstić information content (AvgIpc) is 3.55. The van der Waals surface area contributed by atoms with E-state index in [0.717, 1.165) is 55.8 Å². The fourth-order valence-electron chi connectivity index (χ4n) is 4.44. The van der Waals surface area contributed by atoms with Crippen molar-refractivity contribution in [2.45, 2.75) is 43.1 Å². The molecule has 0 atom stereocenters. The minimum atomic E-state index is -3.72. The van der Waals surface area contributed by atoms with Crippen molar-refractivity contribution in [2.75, 3.05) is 36.3 Å². The first-order chi connectivity index (χ1) is 15.4. The van der Waals surface area contributed by atoms with Crippen LogP contribution in [0.25, 0.3) is 0 Å². The molecule has 2 aliphatic heterocycles. The standard InChI is InChI=1S/C24H29N3O4S/c1-26-13-11-21(12-14-26)31-20-6-4-19(5-7-20)25-32(29,30)22-8-9-23-18(16-22)10-15-27(23)24(28)17-2-3-17/h4-9,16-17,21,25H,2-3,10-15H2,1H3. The summed E-state index contributed by atoms with van der Waals surface area (Å²) in [5.41, 5.74) is 2.24. The van der Waals surface area contributed by atoms with Crippen molar-refractivity contribution in [1.82, 2.24) is 4.90 Å². The number of sulfonamides is 1. The third-order valence-electron chi connectivity index (χ3n) is 6.52. The van der Waals surface area contributed by atoms with Crippen LogP contribution in [0, 0.1) is 5.92 Å². The zero-order chi connectivity index (χ0) is 22.3. The summed E-state index contributed by atoms with van der Waals surface area (Å²) < 4.78 is 34.6. The highest BCUT2D eigenvalue weighted by Crippen LogP contribution is 2.37. The number of benzene rings is 2. The van der Waals surface area contributed by atoms with Crippen LogP contribution in [0.1, 0.15) is 31.2 Å². The number of carbonyl (C=O) groups is 1. The first-order valence-electron chi connectivity index (χ1n) is 11.3. The van der Waals surface area contributed by atoms with Crippen LogP contribution >= 0.6 is 0 Å². The molecule has 2 fully saturated rings. The SMILES string of the molecule is CN1CCC(Oc2ccc(NS(=O)(=O)c3ccc4c(c3)CCN4C(=O)C3CC3)cc2)CC1. The Morgan fingerprint density at radius 2 is 1.72 bits per heavy atom. The molecule has 5 rings (SSSR count). The van der Waals surface area contributed by atoms with Crippen LogP contribution in [-0.4, -0.2) is 52.0 Å². The molecule has 32 heavy (non-hydrogen) atoms. The van der Waals surface area contributed by atoms with E-state index in [2.05, 4.69) is 16.7 Å². The van der Waals surface area contributed by atoms with Gasteiger partial charge in [0.1, 0.15) is 11.9 Å². The van der Waals surface area contributed by atoms with Gasteiger partial charge in [0.25, 0.3) is 10.0 Å². The minimum absolute atomic E-state index is 0.150. The van der Waals surface area contributed by atoms with Gasteiger partial charge in [0.05, 0.1) is 4.90 Å². The fraction of sp³-hybridized carbons (Fsp3) is 0.458. The predicted molar refractivity (Wildman–Crippen MR) is 124 cm³/mol. The van der Waals surface area contributed by atoms with E-state index in [4.69, 9.17) is 4.74 Å². The van der Waals surface area contributed by atoms with Gasteiger partial charge in [-0.05, 0) is 87.2 Å². The molecule has 2 aromatic rings. The number of carbonyl (C=O) groups excluding carboxylic acids is 1. The number of rotatable bonds is 6. The molecule has 0 aromatic heterocycles. The highest BCUT2D eigenvalue weighted by Gasteiger charge is 2.36. The maximum atomic E-state index is 12.9. The summed E-state index contributed by atoms with van der Waals surface area (Å²) in [6.07, 6.45) is 4.79. The second-order valence-electron chi connectivity index (χ2n) is 9.06. The summed E-state index contributed by atoms with van der Waals surface area (Å²) in [6, 6.07) is 12.1. The van der Waals surface area contributed by atoms with Crippen LogP contribution in [0.3, 0.4) is 0 Å². The number of hydrogen-bond acceptors (Lipinski definition) is 5. The topological polar surface area (TPSA) is 79.0 Å². The lowest BCUT2D eigenvalue weighted by Gasteiger charge is -2.29. The molecule has 0 unspecified atom stereocenters. The number of fused-ring (bicyclic) bond motifs is 1. The number of piperidine rings is 1. The van der Waals surface area contributed by atoms with E-state index in [1.807, 2.05) is 0 Å². The highest BCUT2D eigenvalue weighted by atomic mass is 32.2. The number of anilines is 2. The van der Waals surface area contributed by atoms with Crippen molar-refractivity contribution in [3.63, 3.8) is 0 Å². The van der Waals surface area contributed by atoms with Crippen LogP contribution in [-0.2, 0) is 21.2 Å². The predicted octanol–water partition coefficient (Wildman–Crippen LogP) is 3.26. The largest absolute Gasteiger partial charge is 0.490 e. The molecule has 1 aliphatic carbocycles. The summed E-state index contributed by atoms with van der Waals surface area (Å²) in [5.74, 6) is 1.07. The Kier molecular flexibility index (Phi) is 5.59. The third-order valence-corrected chi connectivity index (χ3v) is 7.90. The summed E-state index contributed by atoms with van der Waals surface area (Å²) in [4.78, 5) is 16.8. The lowest BCUT2D eigenvalue weighted by molar-refractivity contribution is -0.119. The molecule has 1 N–H and O–H groups in total. The molecule has 0 bridgehead atoms. The number of ether oxygens (including phenoxy) is 1. The van der Waals surface area contributed by atoms with E-state index in [1.165, 1.54) is 0 Å². The second-order valence-corrected chi connectivity index (χ2v) is 10.7. The molecular weight excluding hydrogens is 426 g/mol. The molecule has 1 saturated heterocycles. The maximum Gasteiger partial charge on any atom is 0.261 e. The van der Waals surface area contributed by atoms with E-state index in [-0.39, 0.29) is 22.8 Å². The lowest BCUT2D eigenvalue weighted by atomic mass is 10.1. The molecule has 0 radical (unpaired) electrons. The Morgan fingerprint density at radius 1 is 1.00 bits per heavy atom. The average molecular weight is 456 g/mol. The fourth-order valence-corrected chi connectivity index (χ4v) is 5.54. The van der Waals surface area contributed by atoms with Crippen molar-refractivity contribution >= 4 is 27.3 Å². The number of nitrogens with zero attached hydrogens (tertiary/aromatic N) is 2. The van der Waals surface area contributed by atoms with Gasteiger partial charge in [0.15, 0.2) is 0 Å². The summed E-state index contributed by atoms with van der Waals surface area (Å²) in [5, 5.41) is 0. The monoisotopic (exact) mass is 455 g/mol. The maximum absolute atomic E-state index is 12.9. The Balaban J connectivity index is 1.25. The number of nitrogens with one attached hydrogen (secondary N) is 1. The van der Waals surface area contributed by atoms with E-state index in [1.54, 1.807) is 47.4 Å². The minimum Gasteiger partial charge on any atom is -0.490 e. The molecule has 170 valence electrons. The van der Waals surface area contributed by atoms with E-state index in [9.17, 15) is 13.2 Å². The molecule has 1 amide bonds. The molecule has 2 aromatic carbocycles. The molecule has 2 heterocycles. The lowest BCUT2D eigenvalue weighted by Crippen LogP contribution is -2.35. The van der Waals surface area contributed by atoms with Crippen LogP contribution in [0.5, 0.6) is 5.75 Å². The number of hydrogen-bond donors (Lipinski definition) is 1. The van der Waals surface area contributed by atoms with Gasteiger partial charge < -0.3 is 14.5 Å². The van der Waals surface area contributed by atoms with Crippen molar-refractivity contribution in [2.24, 2.45) is 5.92 Å². The van der Waals surface area contributed by atoms with Gasteiger partial charge in [-0.15, -0.1) is 0 Å². The van der Waals surface area contributed by atoms with Crippen LogP contribution < -0.4 is 14.4 Å². The molecule has 3 aliphatic rings. The number of amides is 1. The Morgan fingerprint density at radius 3 is 2.41 bits per heavy atom. The van der Waals surface area contributed by atoms with Crippen molar-refractivity contribution < 1.29 is 17.9 Å². The van der Waals surface area contributed by atoms with Crippen LogP contribution in [0.15, 0.2) is 47.4 Å². The first-order valence-corrected chi connectivity index (χ1v) is 12.8. The first kappa shape index (κ1) is 21.3. The van der Waals surface area contributed by atoms with E-state index in [0.29, 0.717) is 18.7 Å². The van der Waals surface area contributed by atoms with Gasteiger partial charge >= 0.3 is 0 Å².